The van der Waals surface area contributed by atoms with Gasteiger partial charge in [0.1, 0.15) is 11.3 Å². The number of anilines is 1. The third kappa shape index (κ3) is 5.12. The number of carbonyl (C=O) groups is 2. The number of para-hydroxylation sites is 2. The second-order valence-corrected chi connectivity index (χ2v) is 7.32. The number of carbonyl (C=O) groups excluding carboxylic acids is 2. The molecule has 3 rings (SSSR count). The van der Waals surface area contributed by atoms with Crippen LogP contribution in [0.3, 0.4) is 0 Å². The summed E-state index contributed by atoms with van der Waals surface area (Å²) < 4.78 is 12.6. The molecule has 0 fully saturated rings. The van der Waals surface area contributed by atoms with E-state index in [0.717, 1.165) is 5.56 Å². The van der Waals surface area contributed by atoms with Crippen molar-refractivity contribution in [2.45, 2.75) is 39.7 Å². The van der Waals surface area contributed by atoms with E-state index < -0.39 is 18.0 Å². The molecule has 0 aliphatic carbocycles. The van der Waals surface area contributed by atoms with E-state index in [1.54, 1.807) is 13.8 Å². The van der Waals surface area contributed by atoms with Crippen LogP contribution in [0, 0.1) is 0 Å². The lowest BCUT2D eigenvalue weighted by atomic mass is 10.0. The van der Waals surface area contributed by atoms with E-state index in [-0.39, 0.29) is 23.9 Å². The summed E-state index contributed by atoms with van der Waals surface area (Å²) in [5, 5.41) is 7.09. The van der Waals surface area contributed by atoms with Gasteiger partial charge < -0.3 is 14.8 Å². The number of amides is 1. The maximum absolute atomic E-state index is 13.0. The van der Waals surface area contributed by atoms with E-state index in [9.17, 15) is 9.59 Å². The lowest BCUT2D eigenvalue weighted by Gasteiger charge is -2.19. The Morgan fingerprint density at radius 2 is 1.71 bits per heavy atom. The van der Waals surface area contributed by atoms with Crippen LogP contribution in [0.2, 0.25) is 0 Å². The molecule has 7 heteroatoms. The van der Waals surface area contributed by atoms with Gasteiger partial charge in [0.05, 0.1) is 18.5 Å². The molecule has 1 heterocycles. The Morgan fingerprint density at radius 3 is 2.39 bits per heavy atom. The predicted molar refractivity (Wildman–Crippen MR) is 119 cm³/mol. The summed E-state index contributed by atoms with van der Waals surface area (Å²) in [6.45, 7) is 7.74. The quantitative estimate of drug-likeness (QED) is 0.539. The van der Waals surface area contributed by atoms with Gasteiger partial charge in [-0.05, 0) is 43.5 Å². The van der Waals surface area contributed by atoms with E-state index in [2.05, 4.69) is 24.3 Å². The van der Waals surface area contributed by atoms with Gasteiger partial charge in [-0.15, -0.1) is 0 Å². The van der Waals surface area contributed by atoms with Gasteiger partial charge in [-0.3, -0.25) is 4.79 Å². The third-order valence-corrected chi connectivity index (χ3v) is 4.72. The second-order valence-electron chi connectivity index (χ2n) is 7.32. The molecule has 0 saturated carbocycles. The van der Waals surface area contributed by atoms with Crippen LogP contribution in [0.15, 0.2) is 60.8 Å². The Balaban J connectivity index is 1.87. The highest BCUT2D eigenvalue weighted by molar-refractivity contribution is 6.01. The highest BCUT2D eigenvalue weighted by Crippen LogP contribution is 2.27. The number of rotatable bonds is 8. The summed E-state index contributed by atoms with van der Waals surface area (Å²) in [5.41, 5.74) is 1.89. The average molecular weight is 421 g/mol. The molecule has 7 nitrogen and oxygen atoms in total. The standard InChI is InChI=1S/C24H27N3O4/c1-5-30-24(29)20-15-25-27(18-11-7-6-8-12-18)22(20)26-23(28)17(4)31-21-14-10-9-13-19(21)16(2)3/h6-17H,5H2,1-4H3,(H,26,28). The summed E-state index contributed by atoms with van der Waals surface area (Å²) in [6, 6.07) is 16.9. The minimum atomic E-state index is -0.797. The molecule has 0 radical (unpaired) electrons. The topological polar surface area (TPSA) is 82.5 Å². The Hall–Kier alpha value is -3.61. The van der Waals surface area contributed by atoms with Crippen LogP contribution in [0.25, 0.3) is 5.69 Å². The predicted octanol–water partition coefficient (Wildman–Crippen LogP) is 4.58. The number of aromatic nitrogens is 2. The number of nitrogens with zero attached hydrogens (tertiary/aromatic N) is 2. The molecule has 162 valence electrons. The van der Waals surface area contributed by atoms with Crippen molar-refractivity contribution < 1.29 is 19.1 Å². The zero-order valence-corrected chi connectivity index (χ0v) is 18.2. The lowest BCUT2D eigenvalue weighted by molar-refractivity contribution is -0.122. The molecule has 0 aliphatic rings. The van der Waals surface area contributed by atoms with Crippen molar-refractivity contribution in [3.05, 3.63) is 71.9 Å². The SMILES string of the molecule is CCOC(=O)c1cnn(-c2ccccc2)c1NC(=O)C(C)Oc1ccccc1C(C)C. The van der Waals surface area contributed by atoms with Crippen molar-refractivity contribution in [1.82, 2.24) is 9.78 Å². The van der Waals surface area contributed by atoms with Gasteiger partial charge in [0, 0.05) is 0 Å². The number of benzene rings is 2. The third-order valence-electron chi connectivity index (χ3n) is 4.72. The highest BCUT2D eigenvalue weighted by atomic mass is 16.5. The minimum Gasteiger partial charge on any atom is -0.481 e. The molecule has 3 aromatic rings. The van der Waals surface area contributed by atoms with Crippen LogP contribution in [-0.2, 0) is 9.53 Å². The van der Waals surface area contributed by atoms with Crippen molar-refractivity contribution in [3.8, 4) is 11.4 Å². The summed E-state index contributed by atoms with van der Waals surface area (Å²) in [6.07, 6.45) is 0.592. The summed E-state index contributed by atoms with van der Waals surface area (Å²) in [7, 11) is 0. The minimum absolute atomic E-state index is 0.175. The molecule has 2 aromatic carbocycles. The lowest BCUT2D eigenvalue weighted by Crippen LogP contribution is -2.32. The van der Waals surface area contributed by atoms with Crippen molar-refractivity contribution in [2.75, 3.05) is 11.9 Å². The van der Waals surface area contributed by atoms with E-state index in [1.807, 2.05) is 54.6 Å². The van der Waals surface area contributed by atoms with Crippen LogP contribution < -0.4 is 10.1 Å². The fraction of sp³-hybridized carbons (Fsp3) is 0.292. The normalized spacial score (nSPS) is 11.8. The van der Waals surface area contributed by atoms with Gasteiger partial charge in [-0.1, -0.05) is 50.2 Å². The van der Waals surface area contributed by atoms with Gasteiger partial charge in [0.25, 0.3) is 5.91 Å². The number of hydrogen-bond donors (Lipinski definition) is 1. The highest BCUT2D eigenvalue weighted by Gasteiger charge is 2.24. The zero-order valence-electron chi connectivity index (χ0n) is 18.2. The van der Waals surface area contributed by atoms with Crippen molar-refractivity contribution in [2.24, 2.45) is 0 Å². The summed E-state index contributed by atoms with van der Waals surface area (Å²) in [5.74, 6) is 0.187. The molecule has 0 aliphatic heterocycles. The first-order chi connectivity index (χ1) is 14.9. The fourth-order valence-corrected chi connectivity index (χ4v) is 3.12. The van der Waals surface area contributed by atoms with Crippen LogP contribution in [0.5, 0.6) is 5.75 Å². The van der Waals surface area contributed by atoms with Gasteiger partial charge in [0.15, 0.2) is 11.9 Å². The van der Waals surface area contributed by atoms with Gasteiger partial charge in [0.2, 0.25) is 0 Å². The van der Waals surface area contributed by atoms with Crippen molar-refractivity contribution in [1.29, 1.82) is 0 Å². The number of ether oxygens (including phenoxy) is 2. The molecule has 0 bridgehead atoms. The Kier molecular flexibility index (Phi) is 7.07. The van der Waals surface area contributed by atoms with Crippen LogP contribution in [-0.4, -0.2) is 34.4 Å². The zero-order chi connectivity index (χ0) is 22.4. The molecule has 1 amide bonds. The van der Waals surface area contributed by atoms with E-state index in [4.69, 9.17) is 9.47 Å². The van der Waals surface area contributed by atoms with Gasteiger partial charge in [-0.25, -0.2) is 9.48 Å². The largest absolute Gasteiger partial charge is 0.481 e. The summed E-state index contributed by atoms with van der Waals surface area (Å²) in [4.78, 5) is 25.4. The first-order valence-electron chi connectivity index (χ1n) is 10.3. The number of hydrogen-bond acceptors (Lipinski definition) is 5. The van der Waals surface area contributed by atoms with E-state index in [0.29, 0.717) is 11.4 Å². The summed E-state index contributed by atoms with van der Waals surface area (Å²) >= 11 is 0. The van der Waals surface area contributed by atoms with Gasteiger partial charge >= 0.3 is 5.97 Å². The number of nitrogens with one attached hydrogen (secondary N) is 1. The van der Waals surface area contributed by atoms with Crippen LogP contribution in [0.4, 0.5) is 5.82 Å². The van der Waals surface area contributed by atoms with Crippen molar-refractivity contribution >= 4 is 17.7 Å². The number of esters is 1. The van der Waals surface area contributed by atoms with Crippen LogP contribution in [0.1, 0.15) is 49.5 Å². The van der Waals surface area contributed by atoms with E-state index >= 15 is 0 Å². The molecule has 1 unspecified atom stereocenters. The molecular formula is C24H27N3O4. The first-order valence-corrected chi connectivity index (χ1v) is 10.3. The molecule has 0 spiro atoms. The Bertz CT molecular complexity index is 1040. The first kappa shape index (κ1) is 22.1. The van der Waals surface area contributed by atoms with Crippen LogP contribution >= 0.6 is 0 Å². The van der Waals surface area contributed by atoms with Gasteiger partial charge in [-0.2, -0.15) is 5.10 Å². The monoisotopic (exact) mass is 421 g/mol. The maximum Gasteiger partial charge on any atom is 0.343 e. The Labute approximate surface area is 182 Å². The Morgan fingerprint density at radius 1 is 1.03 bits per heavy atom. The smallest absolute Gasteiger partial charge is 0.343 e. The molecule has 0 saturated heterocycles. The average Bonchev–Trinajstić information content (AvgIpc) is 3.18. The fourth-order valence-electron chi connectivity index (χ4n) is 3.12. The van der Waals surface area contributed by atoms with Crippen molar-refractivity contribution in [3.63, 3.8) is 0 Å². The molecule has 1 N–H and O–H groups in total. The molecule has 1 atom stereocenters. The molecular weight excluding hydrogens is 394 g/mol. The molecule has 1 aromatic heterocycles. The molecule has 31 heavy (non-hydrogen) atoms. The maximum atomic E-state index is 13.0. The van der Waals surface area contributed by atoms with E-state index in [1.165, 1.54) is 10.9 Å². The second kappa shape index (κ2) is 9.93.